The van der Waals surface area contributed by atoms with Gasteiger partial charge in [0.25, 0.3) is 0 Å². The summed E-state index contributed by atoms with van der Waals surface area (Å²) in [5.41, 5.74) is -0.385. The molecule has 0 spiro atoms. The number of amides is 2. The summed E-state index contributed by atoms with van der Waals surface area (Å²) >= 11 is 0. The summed E-state index contributed by atoms with van der Waals surface area (Å²) in [5, 5.41) is 0. The van der Waals surface area contributed by atoms with Gasteiger partial charge in [-0.05, 0) is 42.9 Å². The summed E-state index contributed by atoms with van der Waals surface area (Å²) in [6.07, 6.45) is -1.29. The minimum Gasteiger partial charge on any atom is -0.406 e. The SMILES string of the molecule is CN1C(=O)N(CC2(C)CC2)C2CC=C(c3cc(OC(F)(F)F)ccc3F)C(F)=C21. The summed E-state index contributed by atoms with van der Waals surface area (Å²) in [6, 6.07) is 1.59. The largest absolute Gasteiger partial charge is 0.573 e. The highest BCUT2D eigenvalue weighted by molar-refractivity contribution is 5.87. The molecule has 1 heterocycles. The predicted molar refractivity (Wildman–Crippen MR) is 94.8 cm³/mol. The lowest BCUT2D eigenvalue weighted by atomic mass is 9.92. The highest BCUT2D eigenvalue weighted by Crippen LogP contribution is 2.49. The number of urea groups is 1. The van der Waals surface area contributed by atoms with Crippen molar-refractivity contribution in [2.45, 2.75) is 38.6 Å². The van der Waals surface area contributed by atoms with Crippen molar-refractivity contribution in [3.05, 3.63) is 47.2 Å². The van der Waals surface area contributed by atoms with Crippen LogP contribution < -0.4 is 4.74 Å². The molecule has 4 nitrogen and oxygen atoms in total. The summed E-state index contributed by atoms with van der Waals surface area (Å²) in [5.74, 6) is -2.34. The number of fused-ring (bicyclic) bond motifs is 1. The molecule has 2 amide bonds. The van der Waals surface area contributed by atoms with E-state index in [0.717, 1.165) is 31.0 Å². The van der Waals surface area contributed by atoms with Crippen molar-refractivity contribution >= 4 is 11.6 Å². The van der Waals surface area contributed by atoms with Crippen LogP contribution in [0.25, 0.3) is 5.57 Å². The fourth-order valence-electron chi connectivity index (χ4n) is 3.89. The number of allylic oxidation sites excluding steroid dienone is 2. The van der Waals surface area contributed by atoms with Crippen molar-refractivity contribution in [3.8, 4) is 5.75 Å². The third kappa shape index (κ3) is 3.58. The molecule has 3 aliphatic rings. The predicted octanol–water partition coefficient (Wildman–Crippen LogP) is 5.23. The van der Waals surface area contributed by atoms with Crippen molar-refractivity contribution in [2.75, 3.05) is 13.6 Å². The number of nitrogens with zero attached hydrogens (tertiary/aromatic N) is 2. The highest BCUT2D eigenvalue weighted by Gasteiger charge is 2.49. The molecule has 0 aromatic heterocycles. The van der Waals surface area contributed by atoms with E-state index < -0.39 is 29.8 Å². The Hall–Kier alpha value is -2.58. The molecule has 1 unspecified atom stereocenters. The molecular weight excluding hydrogens is 395 g/mol. The minimum absolute atomic E-state index is 0.0296. The normalized spacial score (nSPS) is 23.3. The average Bonchev–Trinajstić information content (AvgIpc) is 3.31. The lowest BCUT2D eigenvalue weighted by Crippen LogP contribution is -2.38. The van der Waals surface area contributed by atoms with Gasteiger partial charge in [0.1, 0.15) is 11.6 Å². The number of ether oxygens (including phenoxy) is 1. The Labute approximate surface area is 164 Å². The fourth-order valence-corrected chi connectivity index (χ4v) is 3.89. The zero-order valence-corrected chi connectivity index (χ0v) is 15.8. The van der Waals surface area contributed by atoms with Gasteiger partial charge in [0.2, 0.25) is 0 Å². The molecule has 1 aromatic rings. The highest BCUT2D eigenvalue weighted by atomic mass is 19.4. The first-order valence-corrected chi connectivity index (χ1v) is 9.19. The molecule has 2 fully saturated rings. The second-order valence-corrected chi connectivity index (χ2v) is 8.04. The van der Waals surface area contributed by atoms with Gasteiger partial charge in [-0.2, -0.15) is 0 Å². The topological polar surface area (TPSA) is 32.8 Å². The van der Waals surface area contributed by atoms with Gasteiger partial charge in [0.15, 0.2) is 5.83 Å². The zero-order chi connectivity index (χ0) is 21.1. The maximum Gasteiger partial charge on any atom is 0.573 e. The first kappa shape index (κ1) is 19.7. The van der Waals surface area contributed by atoms with E-state index in [1.54, 1.807) is 4.90 Å². The van der Waals surface area contributed by atoms with Crippen LogP contribution in [0.2, 0.25) is 0 Å². The van der Waals surface area contributed by atoms with Crippen LogP contribution in [0.1, 0.15) is 31.7 Å². The Morgan fingerprint density at radius 1 is 1.24 bits per heavy atom. The van der Waals surface area contributed by atoms with E-state index in [-0.39, 0.29) is 34.7 Å². The standard InChI is InChI=1S/C20H19F5N2O2/c1-19(7-8-19)10-27-15-6-4-12(16(22)17(15)26(2)18(27)28)13-9-11(3-5-14(13)21)29-20(23,24)25/h3-5,9,15H,6-8,10H2,1-2H3. The van der Waals surface area contributed by atoms with Crippen LogP contribution in [0.3, 0.4) is 0 Å². The van der Waals surface area contributed by atoms with Gasteiger partial charge < -0.3 is 9.64 Å². The summed E-state index contributed by atoms with van der Waals surface area (Å²) in [4.78, 5) is 15.5. The molecule has 2 aliphatic carbocycles. The van der Waals surface area contributed by atoms with E-state index >= 15 is 4.39 Å². The zero-order valence-electron chi connectivity index (χ0n) is 15.8. The van der Waals surface area contributed by atoms with Gasteiger partial charge in [0.05, 0.1) is 11.7 Å². The van der Waals surface area contributed by atoms with Crippen molar-refractivity contribution in [1.29, 1.82) is 0 Å². The number of rotatable bonds is 4. The van der Waals surface area contributed by atoms with Crippen molar-refractivity contribution < 1.29 is 31.5 Å². The quantitative estimate of drug-likeness (QED) is 0.633. The van der Waals surface area contributed by atoms with Crippen molar-refractivity contribution in [1.82, 2.24) is 9.80 Å². The number of benzene rings is 1. The Balaban J connectivity index is 1.68. The van der Waals surface area contributed by atoms with E-state index in [2.05, 4.69) is 11.7 Å². The molecule has 29 heavy (non-hydrogen) atoms. The molecule has 1 atom stereocenters. The van der Waals surface area contributed by atoms with Crippen LogP contribution >= 0.6 is 0 Å². The number of alkyl halides is 3. The molecule has 1 aliphatic heterocycles. The second kappa shape index (κ2) is 6.47. The molecule has 0 N–H and O–H groups in total. The lowest BCUT2D eigenvalue weighted by molar-refractivity contribution is -0.274. The van der Waals surface area contributed by atoms with Gasteiger partial charge in [-0.1, -0.05) is 13.0 Å². The molecule has 0 bridgehead atoms. The fraction of sp³-hybridized carbons (Fsp3) is 0.450. The van der Waals surface area contributed by atoms with Crippen LogP contribution in [0, 0.1) is 11.2 Å². The van der Waals surface area contributed by atoms with Gasteiger partial charge in [-0.3, -0.25) is 4.90 Å². The van der Waals surface area contributed by atoms with Crippen LogP contribution in [0.4, 0.5) is 26.7 Å². The molecular formula is C20H19F5N2O2. The molecule has 9 heteroatoms. The lowest BCUT2D eigenvalue weighted by Gasteiger charge is -2.28. The van der Waals surface area contributed by atoms with Crippen LogP contribution in [0.15, 0.2) is 35.8 Å². The molecule has 1 saturated carbocycles. The molecule has 0 radical (unpaired) electrons. The molecule has 1 aromatic carbocycles. The number of halogens is 5. The van der Waals surface area contributed by atoms with E-state index in [0.29, 0.717) is 6.54 Å². The van der Waals surface area contributed by atoms with E-state index in [1.165, 1.54) is 18.0 Å². The van der Waals surface area contributed by atoms with Gasteiger partial charge in [-0.15, -0.1) is 13.2 Å². The number of carbonyl (C=O) groups is 1. The van der Waals surface area contributed by atoms with Crippen molar-refractivity contribution in [3.63, 3.8) is 0 Å². The first-order valence-electron chi connectivity index (χ1n) is 9.19. The third-order valence-corrected chi connectivity index (χ3v) is 5.71. The molecule has 156 valence electrons. The number of carbonyl (C=O) groups excluding carboxylic acids is 1. The Kier molecular flexibility index (Phi) is 4.40. The first-order chi connectivity index (χ1) is 13.5. The maximum absolute atomic E-state index is 15.3. The Bertz CT molecular complexity index is 933. The number of hydrogen-bond donors (Lipinski definition) is 0. The van der Waals surface area contributed by atoms with Crippen LogP contribution in [-0.2, 0) is 0 Å². The second-order valence-electron chi connectivity index (χ2n) is 8.04. The van der Waals surface area contributed by atoms with E-state index in [1.807, 2.05) is 0 Å². The van der Waals surface area contributed by atoms with Crippen molar-refractivity contribution in [2.24, 2.45) is 5.41 Å². The van der Waals surface area contributed by atoms with E-state index in [9.17, 15) is 22.4 Å². The summed E-state index contributed by atoms with van der Waals surface area (Å²) in [7, 11) is 1.45. The smallest absolute Gasteiger partial charge is 0.406 e. The summed E-state index contributed by atoms with van der Waals surface area (Å²) in [6.45, 7) is 2.56. The Morgan fingerprint density at radius 2 is 1.93 bits per heavy atom. The van der Waals surface area contributed by atoms with Crippen LogP contribution in [-0.4, -0.2) is 41.8 Å². The monoisotopic (exact) mass is 414 g/mol. The number of hydrogen-bond acceptors (Lipinski definition) is 2. The van der Waals surface area contributed by atoms with E-state index in [4.69, 9.17) is 0 Å². The minimum atomic E-state index is -4.95. The van der Waals surface area contributed by atoms with Gasteiger partial charge in [-0.25, -0.2) is 13.6 Å². The van der Waals surface area contributed by atoms with Gasteiger partial charge in [0, 0.05) is 24.7 Å². The maximum atomic E-state index is 15.3. The average molecular weight is 414 g/mol. The summed E-state index contributed by atoms with van der Waals surface area (Å²) < 4.78 is 70.9. The molecule has 4 rings (SSSR count). The third-order valence-electron chi connectivity index (χ3n) is 5.71. The van der Waals surface area contributed by atoms with Crippen LogP contribution in [0.5, 0.6) is 5.75 Å². The molecule has 1 saturated heterocycles. The number of likely N-dealkylation sites (N-methyl/N-ethyl adjacent to an activating group) is 1. The Morgan fingerprint density at radius 3 is 2.55 bits per heavy atom. The van der Waals surface area contributed by atoms with Gasteiger partial charge >= 0.3 is 12.4 Å².